The molecule has 1 aromatic heterocycles. The average molecular weight is 384 g/mol. The third kappa shape index (κ3) is 3.73. The third-order valence-electron chi connectivity index (χ3n) is 4.46. The fourth-order valence-corrected chi connectivity index (χ4v) is 3.22. The van der Waals surface area contributed by atoms with Crippen molar-refractivity contribution in [3.8, 4) is 0 Å². The number of urea groups is 1. The topological polar surface area (TPSA) is 81.3 Å². The molecule has 0 radical (unpaired) electrons. The van der Waals surface area contributed by atoms with Crippen molar-refractivity contribution in [3.05, 3.63) is 59.4 Å². The Balaban J connectivity index is 1.33. The minimum atomic E-state index is -0.221. The number of imidazole rings is 1. The normalized spacial score (nSPS) is 14.2. The summed E-state index contributed by atoms with van der Waals surface area (Å²) in [6, 6.07) is 14.6. The Morgan fingerprint density at radius 3 is 2.70 bits per heavy atom. The fraction of sp³-hybridized carbons (Fsp3) is 0.211. The molecule has 0 atom stereocenters. The second kappa shape index (κ2) is 7.28. The molecular weight excluding hydrogens is 366 g/mol. The minimum Gasteiger partial charge on any atom is -0.347 e. The number of halogens is 1. The van der Waals surface area contributed by atoms with Gasteiger partial charge in [0.1, 0.15) is 12.4 Å². The van der Waals surface area contributed by atoms with Gasteiger partial charge in [0.15, 0.2) is 0 Å². The van der Waals surface area contributed by atoms with Crippen LogP contribution in [0.3, 0.4) is 0 Å². The number of carbonyl (C=O) groups excluding carboxylic acids is 2. The summed E-state index contributed by atoms with van der Waals surface area (Å²) in [6.07, 6.45) is 0. The van der Waals surface area contributed by atoms with Crippen molar-refractivity contribution in [2.24, 2.45) is 0 Å². The van der Waals surface area contributed by atoms with E-state index >= 15 is 0 Å². The van der Waals surface area contributed by atoms with Crippen LogP contribution in [0.1, 0.15) is 5.82 Å². The van der Waals surface area contributed by atoms with Gasteiger partial charge in [0, 0.05) is 23.8 Å². The van der Waals surface area contributed by atoms with Crippen LogP contribution >= 0.6 is 11.6 Å². The summed E-state index contributed by atoms with van der Waals surface area (Å²) < 4.78 is 0. The Hall–Kier alpha value is -3.06. The molecule has 0 saturated carbocycles. The highest BCUT2D eigenvalue weighted by atomic mass is 35.5. The molecule has 0 spiro atoms. The van der Waals surface area contributed by atoms with E-state index in [-0.39, 0.29) is 25.0 Å². The molecule has 1 saturated heterocycles. The molecule has 3 aromatic rings. The lowest BCUT2D eigenvalue weighted by Gasteiger charge is -2.18. The van der Waals surface area contributed by atoms with Crippen molar-refractivity contribution >= 4 is 40.3 Å². The lowest BCUT2D eigenvalue weighted by molar-refractivity contribution is -0.121. The molecule has 1 fully saturated rings. The first-order chi connectivity index (χ1) is 13.1. The van der Waals surface area contributed by atoms with Gasteiger partial charge in [0.25, 0.3) is 0 Å². The van der Waals surface area contributed by atoms with E-state index in [1.807, 2.05) is 24.3 Å². The van der Waals surface area contributed by atoms with Crippen molar-refractivity contribution in [2.45, 2.75) is 6.54 Å². The van der Waals surface area contributed by atoms with Gasteiger partial charge in [0.2, 0.25) is 5.91 Å². The number of fused-ring (bicyclic) bond motifs is 1. The molecule has 2 N–H and O–H groups in total. The van der Waals surface area contributed by atoms with Gasteiger partial charge in [-0.15, -0.1) is 0 Å². The first kappa shape index (κ1) is 17.4. The van der Waals surface area contributed by atoms with Crippen LogP contribution in [0.15, 0.2) is 48.5 Å². The first-order valence-electron chi connectivity index (χ1n) is 8.62. The van der Waals surface area contributed by atoms with Gasteiger partial charge < -0.3 is 15.2 Å². The van der Waals surface area contributed by atoms with E-state index in [2.05, 4.69) is 15.3 Å². The zero-order valence-electron chi connectivity index (χ0n) is 14.5. The van der Waals surface area contributed by atoms with E-state index in [1.165, 1.54) is 4.90 Å². The molecule has 2 heterocycles. The number of para-hydroxylation sites is 2. The monoisotopic (exact) mass is 383 g/mol. The Kier molecular flexibility index (Phi) is 4.68. The highest BCUT2D eigenvalue weighted by Crippen LogP contribution is 2.22. The van der Waals surface area contributed by atoms with Crippen molar-refractivity contribution in [1.82, 2.24) is 20.2 Å². The number of amides is 3. The van der Waals surface area contributed by atoms with E-state index in [1.54, 1.807) is 29.2 Å². The highest BCUT2D eigenvalue weighted by Gasteiger charge is 2.30. The Morgan fingerprint density at radius 1 is 1.15 bits per heavy atom. The SMILES string of the molecule is O=C(CN1CCN(c2ccc(Cl)cc2)C1=O)NCc1nc2ccccc2[nH]1. The summed E-state index contributed by atoms with van der Waals surface area (Å²) in [6.45, 7) is 1.34. The summed E-state index contributed by atoms with van der Waals surface area (Å²) in [5.74, 6) is 0.460. The lowest BCUT2D eigenvalue weighted by atomic mass is 10.3. The van der Waals surface area contributed by atoms with Crippen LogP contribution in [0, 0.1) is 0 Å². The average Bonchev–Trinajstić information content (AvgIpc) is 3.24. The van der Waals surface area contributed by atoms with Gasteiger partial charge in [-0.1, -0.05) is 23.7 Å². The van der Waals surface area contributed by atoms with Gasteiger partial charge >= 0.3 is 6.03 Å². The third-order valence-corrected chi connectivity index (χ3v) is 4.71. The number of hydrogen-bond acceptors (Lipinski definition) is 3. The molecule has 2 aromatic carbocycles. The Labute approximate surface area is 160 Å². The predicted molar refractivity (Wildman–Crippen MR) is 104 cm³/mol. The van der Waals surface area contributed by atoms with Gasteiger partial charge in [-0.3, -0.25) is 9.69 Å². The quantitative estimate of drug-likeness (QED) is 0.710. The number of H-pyrrole nitrogens is 1. The summed E-state index contributed by atoms with van der Waals surface area (Å²) in [4.78, 5) is 35.5. The standard InChI is InChI=1S/C19H18ClN5O2/c20-13-5-7-14(8-6-13)25-10-9-24(19(25)27)12-18(26)21-11-17-22-15-3-1-2-4-16(15)23-17/h1-8H,9-12H2,(H,21,26)(H,22,23). The molecule has 3 amide bonds. The maximum Gasteiger partial charge on any atom is 0.325 e. The molecule has 1 aliphatic rings. The van der Waals surface area contributed by atoms with Crippen LogP contribution in [0.25, 0.3) is 11.0 Å². The Morgan fingerprint density at radius 2 is 1.93 bits per heavy atom. The minimum absolute atomic E-state index is 0.0170. The van der Waals surface area contributed by atoms with Gasteiger partial charge in [-0.05, 0) is 36.4 Å². The predicted octanol–water partition coefficient (Wildman–Crippen LogP) is 2.77. The zero-order chi connectivity index (χ0) is 18.8. The van der Waals surface area contributed by atoms with Crippen LogP contribution in [-0.4, -0.2) is 46.4 Å². The zero-order valence-corrected chi connectivity index (χ0v) is 15.2. The molecule has 1 aliphatic heterocycles. The summed E-state index contributed by atoms with van der Waals surface area (Å²) >= 11 is 5.89. The van der Waals surface area contributed by atoms with Crippen molar-refractivity contribution in [1.29, 1.82) is 0 Å². The second-order valence-corrected chi connectivity index (χ2v) is 6.75. The van der Waals surface area contributed by atoms with Crippen LogP contribution in [0.2, 0.25) is 5.02 Å². The molecule has 0 unspecified atom stereocenters. The van der Waals surface area contributed by atoms with Gasteiger partial charge in [-0.25, -0.2) is 9.78 Å². The summed E-state index contributed by atoms with van der Waals surface area (Å²) in [5.41, 5.74) is 2.56. The number of carbonyl (C=O) groups is 2. The van der Waals surface area contributed by atoms with Crippen molar-refractivity contribution in [2.75, 3.05) is 24.5 Å². The van der Waals surface area contributed by atoms with Crippen LogP contribution in [-0.2, 0) is 11.3 Å². The molecular formula is C19H18ClN5O2. The number of rotatable bonds is 5. The molecule has 27 heavy (non-hydrogen) atoms. The lowest BCUT2D eigenvalue weighted by Crippen LogP contribution is -2.39. The van der Waals surface area contributed by atoms with Crippen LogP contribution < -0.4 is 10.2 Å². The number of anilines is 1. The first-order valence-corrected chi connectivity index (χ1v) is 9.00. The van der Waals surface area contributed by atoms with E-state index in [9.17, 15) is 9.59 Å². The number of hydrogen-bond donors (Lipinski definition) is 2. The molecule has 138 valence electrons. The van der Waals surface area contributed by atoms with E-state index in [0.717, 1.165) is 16.7 Å². The largest absolute Gasteiger partial charge is 0.347 e. The number of benzene rings is 2. The Bertz CT molecular complexity index is 952. The number of nitrogens with zero attached hydrogens (tertiary/aromatic N) is 3. The van der Waals surface area contributed by atoms with Crippen molar-refractivity contribution in [3.63, 3.8) is 0 Å². The highest BCUT2D eigenvalue weighted by molar-refractivity contribution is 6.30. The van der Waals surface area contributed by atoms with Crippen LogP contribution in [0.4, 0.5) is 10.5 Å². The number of aromatic nitrogens is 2. The van der Waals surface area contributed by atoms with Gasteiger partial charge in [0.05, 0.1) is 17.6 Å². The van der Waals surface area contributed by atoms with Gasteiger partial charge in [-0.2, -0.15) is 0 Å². The summed E-state index contributed by atoms with van der Waals surface area (Å²) in [7, 11) is 0. The number of aromatic amines is 1. The molecule has 7 nitrogen and oxygen atoms in total. The molecule has 0 aliphatic carbocycles. The van der Waals surface area contributed by atoms with E-state index in [0.29, 0.717) is 23.9 Å². The molecule has 8 heteroatoms. The maximum atomic E-state index is 12.5. The van der Waals surface area contributed by atoms with Crippen molar-refractivity contribution < 1.29 is 9.59 Å². The smallest absolute Gasteiger partial charge is 0.325 e. The van der Waals surface area contributed by atoms with Crippen LogP contribution in [0.5, 0.6) is 0 Å². The summed E-state index contributed by atoms with van der Waals surface area (Å²) in [5, 5.41) is 3.42. The van der Waals surface area contributed by atoms with E-state index < -0.39 is 0 Å². The second-order valence-electron chi connectivity index (χ2n) is 6.31. The number of nitrogens with one attached hydrogen (secondary N) is 2. The fourth-order valence-electron chi connectivity index (χ4n) is 3.09. The molecule has 4 rings (SSSR count). The maximum absolute atomic E-state index is 12.5. The van der Waals surface area contributed by atoms with E-state index in [4.69, 9.17) is 11.6 Å². The molecule has 0 bridgehead atoms.